The van der Waals surface area contributed by atoms with Crippen LogP contribution in [-0.2, 0) is 11.3 Å². The Kier molecular flexibility index (Phi) is 6.11. The van der Waals surface area contributed by atoms with E-state index in [2.05, 4.69) is 10.3 Å². The van der Waals surface area contributed by atoms with Crippen LogP contribution in [0.5, 0.6) is 11.5 Å². The Morgan fingerprint density at radius 3 is 2.65 bits per heavy atom. The fourth-order valence-corrected chi connectivity index (χ4v) is 3.85. The SMILES string of the molecule is CCOc1ccc(-c2nc(CN3CCN(C(C)=O)CC3)cs2)cc1OC. The number of aromatic nitrogens is 1. The Morgan fingerprint density at radius 1 is 1.23 bits per heavy atom. The van der Waals surface area contributed by atoms with Gasteiger partial charge in [-0.05, 0) is 25.1 Å². The van der Waals surface area contributed by atoms with Crippen LogP contribution in [0.3, 0.4) is 0 Å². The highest BCUT2D eigenvalue weighted by Crippen LogP contribution is 2.34. The molecule has 2 heterocycles. The number of ether oxygens (including phenoxy) is 2. The third kappa shape index (κ3) is 4.34. The maximum absolute atomic E-state index is 11.4. The molecule has 0 radical (unpaired) electrons. The van der Waals surface area contributed by atoms with E-state index in [9.17, 15) is 4.79 Å². The van der Waals surface area contributed by atoms with Crippen LogP contribution in [0.15, 0.2) is 23.6 Å². The van der Waals surface area contributed by atoms with Crippen molar-refractivity contribution in [3.63, 3.8) is 0 Å². The second kappa shape index (κ2) is 8.51. The molecule has 26 heavy (non-hydrogen) atoms. The summed E-state index contributed by atoms with van der Waals surface area (Å²) in [6.07, 6.45) is 0. The highest BCUT2D eigenvalue weighted by Gasteiger charge is 2.19. The molecule has 0 spiro atoms. The summed E-state index contributed by atoms with van der Waals surface area (Å²) in [5.74, 6) is 1.63. The van der Waals surface area contributed by atoms with E-state index in [1.54, 1.807) is 25.4 Å². The molecule has 0 aliphatic carbocycles. The average Bonchev–Trinajstić information content (AvgIpc) is 3.11. The van der Waals surface area contributed by atoms with Gasteiger partial charge in [0.05, 0.1) is 19.4 Å². The van der Waals surface area contributed by atoms with E-state index in [1.807, 2.05) is 30.0 Å². The largest absolute Gasteiger partial charge is 0.493 e. The van der Waals surface area contributed by atoms with Crippen molar-refractivity contribution in [2.75, 3.05) is 39.9 Å². The highest BCUT2D eigenvalue weighted by atomic mass is 32.1. The standard InChI is InChI=1S/C19H25N3O3S/c1-4-25-17-6-5-15(11-18(17)24-3)19-20-16(13-26-19)12-21-7-9-22(10-8-21)14(2)23/h5-6,11,13H,4,7-10,12H2,1-3H3. The first-order valence-electron chi connectivity index (χ1n) is 8.84. The Bertz CT molecular complexity index is 754. The van der Waals surface area contributed by atoms with Gasteiger partial charge in [0.2, 0.25) is 5.91 Å². The van der Waals surface area contributed by atoms with E-state index in [0.717, 1.165) is 60.5 Å². The molecule has 1 saturated heterocycles. The van der Waals surface area contributed by atoms with Gasteiger partial charge in [0, 0.05) is 50.6 Å². The van der Waals surface area contributed by atoms with E-state index in [4.69, 9.17) is 14.5 Å². The van der Waals surface area contributed by atoms with Gasteiger partial charge in [-0.2, -0.15) is 0 Å². The molecule has 1 aromatic carbocycles. The third-order valence-corrected chi connectivity index (χ3v) is 5.41. The summed E-state index contributed by atoms with van der Waals surface area (Å²) >= 11 is 1.64. The van der Waals surface area contributed by atoms with Crippen LogP contribution >= 0.6 is 11.3 Å². The number of hydrogen-bond acceptors (Lipinski definition) is 6. The van der Waals surface area contributed by atoms with Gasteiger partial charge < -0.3 is 14.4 Å². The number of amides is 1. The molecule has 0 saturated carbocycles. The van der Waals surface area contributed by atoms with Crippen LogP contribution in [0, 0.1) is 0 Å². The Balaban J connectivity index is 1.66. The molecule has 0 bridgehead atoms. The van der Waals surface area contributed by atoms with E-state index in [0.29, 0.717) is 6.61 Å². The first-order chi connectivity index (χ1) is 12.6. The first kappa shape index (κ1) is 18.7. The molecule has 2 aromatic rings. The number of nitrogens with zero attached hydrogens (tertiary/aromatic N) is 3. The summed E-state index contributed by atoms with van der Waals surface area (Å²) in [5.41, 5.74) is 2.09. The highest BCUT2D eigenvalue weighted by molar-refractivity contribution is 7.13. The van der Waals surface area contributed by atoms with Gasteiger partial charge in [0.15, 0.2) is 11.5 Å². The maximum Gasteiger partial charge on any atom is 0.219 e. The molecule has 0 atom stereocenters. The number of benzene rings is 1. The number of rotatable bonds is 6. The van der Waals surface area contributed by atoms with Crippen molar-refractivity contribution < 1.29 is 14.3 Å². The lowest BCUT2D eigenvalue weighted by molar-refractivity contribution is -0.130. The summed E-state index contributed by atoms with van der Waals surface area (Å²) in [4.78, 5) is 20.4. The summed E-state index contributed by atoms with van der Waals surface area (Å²) in [6.45, 7) is 8.38. The fraction of sp³-hybridized carbons (Fsp3) is 0.474. The average molecular weight is 375 g/mol. The Hall–Kier alpha value is -2.12. The van der Waals surface area contributed by atoms with Crippen LogP contribution in [0.4, 0.5) is 0 Å². The molecule has 7 heteroatoms. The maximum atomic E-state index is 11.4. The predicted molar refractivity (Wildman–Crippen MR) is 103 cm³/mol. The summed E-state index contributed by atoms with van der Waals surface area (Å²) in [5, 5.41) is 3.08. The van der Waals surface area contributed by atoms with Crippen molar-refractivity contribution >= 4 is 17.2 Å². The molecule has 1 amide bonds. The fourth-order valence-electron chi connectivity index (χ4n) is 3.04. The second-order valence-electron chi connectivity index (χ2n) is 6.22. The smallest absolute Gasteiger partial charge is 0.219 e. The Morgan fingerprint density at radius 2 is 2.00 bits per heavy atom. The van der Waals surface area contributed by atoms with E-state index >= 15 is 0 Å². The van der Waals surface area contributed by atoms with Crippen molar-refractivity contribution in [3.05, 3.63) is 29.3 Å². The minimum atomic E-state index is 0.157. The Labute approximate surface area is 158 Å². The van der Waals surface area contributed by atoms with E-state index < -0.39 is 0 Å². The summed E-state index contributed by atoms with van der Waals surface area (Å²) in [6, 6.07) is 5.92. The van der Waals surface area contributed by atoms with Gasteiger partial charge in [-0.3, -0.25) is 9.69 Å². The molecule has 0 N–H and O–H groups in total. The molecule has 1 aromatic heterocycles. The lowest BCUT2D eigenvalue weighted by Crippen LogP contribution is -2.47. The van der Waals surface area contributed by atoms with Crippen molar-refractivity contribution in [3.8, 4) is 22.1 Å². The molecule has 1 aliphatic rings. The number of thiazole rings is 1. The minimum absolute atomic E-state index is 0.157. The van der Waals surface area contributed by atoms with Crippen molar-refractivity contribution in [1.82, 2.24) is 14.8 Å². The monoisotopic (exact) mass is 375 g/mol. The van der Waals surface area contributed by atoms with Gasteiger partial charge in [-0.15, -0.1) is 11.3 Å². The zero-order chi connectivity index (χ0) is 18.5. The molecule has 1 aliphatic heterocycles. The molecule has 1 fully saturated rings. The van der Waals surface area contributed by atoms with Crippen LogP contribution < -0.4 is 9.47 Å². The van der Waals surface area contributed by atoms with E-state index in [1.165, 1.54) is 0 Å². The number of methoxy groups -OCH3 is 1. The van der Waals surface area contributed by atoms with Gasteiger partial charge in [-0.25, -0.2) is 4.98 Å². The van der Waals surface area contributed by atoms with Gasteiger partial charge >= 0.3 is 0 Å². The normalized spacial score (nSPS) is 15.1. The molecule has 6 nitrogen and oxygen atoms in total. The first-order valence-corrected chi connectivity index (χ1v) is 9.72. The van der Waals surface area contributed by atoms with Crippen molar-refractivity contribution in [1.29, 1.82) is 0 Å². The van der Waals surface area contributed by atoms with Gasteiger partial charge in [0.25, 0.3) is 0 Å². The van der Waals surface area contributed by atoms with Crippen molar-refractivity contribution in [2.45, 2.75) is 20.4 Å². The van der Waals surface area contributed by atoms with Crippen LogP contribution in [-0.4, -0.2) is 60.6 Å². The second-order valence-corrected chi connectivity index (χ2v) is 7.08. The zero-order valence-corrected chi connectivity index (χ0v) is 16.3. The third-order valence-electron chi connectivity index (χ3n) is 4.47. The summed E-state index contributed by atoms with van der Waals surface area (Å²) in [7, 11) is 1.65. The lowest BCUT2D eigenvalue weighted by atomic mass is 10.2. The van der Waals surface area contributed by atoms with Gasteiger partial charge in [0.1, 0.15) is 5.01 Å². The topological polar surface area (TPSA) is 54.9 Å². The quantitative estimate of drug-likeness (QED) is 0.777. The molecule has 140 valence electrons. The number of carbonyl (C=O) groups is 1. The van der Waals surface area contributed by atoms with Crippen LogP contribution in [0.25, 0.3) is 10.6 Å². The predicted octanol–water partition coefficient (Wildman–Crippen LogP) is 2.88. The van der Waals surface area contributed by atoms with Crippen LogP contribution in [0.2, 0.25) is 0 Å². The summed E-state index contributed by atoms with van der Waals surface area (Å²) < 4.78 is 11.0. The van der Waals surface area contributed by atoms with E-state index in [-0.39, 0.29) is 5.91 Å². The molecule has 3 rings (SSSR count). The number of hydrogen-bond donors (Lipinski definition) is 0. The molecule has 0 unspecified atom stereocenters. The lowest BCUT2D eigenvalue weighted by Gasteiger charge is -2.33. The number of carbonyl (C=O) groups excluding carboxylic acids is 1. The zero-order valence-electron chi connectivity index (χ0n) is 15.5. The number of piperazine rings is 1. The molecular formula is C19H25N3O3S. The molecular weight excluding hydrogens is 350 g/mol. The minimum Gasteiger partial charge on any atom is -0.493 e. The van der Waals surface area contributed by atoms with Crippen molar-refractivity contribution in [2.24, 2.45) is 0 Å². The van der Waals surface area contributed by atoms with Crippen LogP contribution in [0.1, 0.15) is 19.5 Å². The van der Waals surface area contributed by atoms with Gasteiger partial charge in [-0.1, -0.05) is 0 Å².